The molecule has 4 rings (SSSR count). The molecule has 0 bridgehead atoms. The number of rotatable bonds is 7. The SMILES string of the molecule is COc1ccc([C@H](N(O)C(C)(C)c2ccccc2)[C@@]2(c3ccccc3)CO2)cc1. The molecule has 1 saturated heterocycles. The van der Waals surface area contributed by atoms with E-state index >= 15 is 0 Å². The summed E-state index contributed by atoms with van der Waals surface area (Å²) in [5.41, 5.74) is 1.84. The maximum atomic E-state index is 11.6. The average molecular weight is 389 g/mol. The molecule has 0 radical (unpaired) electrons. The van der Waals surface area contributed by atoms with Crippen molar-refractivity contribution in [2.24, 2.45) is 0 Å². The molecule has 2 atom stereocenters. The minimum absolute atomic E-state index is 0.383. The summed E-state index contributed by atoms with van der Waals surface area (Å²) in [4.78, 5) is 0. The number of nitrogens with zero attached hydrogens (tertiary/aromatic N) is 1. The Balaban J connectivity index is 1.80. The predicted octanol–water partition coefficient (Wildman–Crippen LogP) is 5.29. The van der Waals surface area contributed by atoms with Crippen LogP contribution in [0.2, 0.25) is 0 Å². The molecular formula is C25H27NO3. The molecule has 29 heavy (non-hydrogen) atoms. The summed E-state index contributed by atoms with van der Waals surface area (Å²) in [5.74, 6) is 0.782. The Morgan fingerprint density at radius 1 is 0.931 bits per heavy atom. The number of hydrogen-bond donors (Lipinski definition) is 1. The molecule has 150 valence electrons. The van der Waals surface area contributed by atoms with Gasteiger partial charge in [-0.05, 0) is 42.7 Å². The highest BCUT2D eigenvalue weighted by Crippen LogP contribution is 2.53. The molecule has 1 aliphatic rings. The third-order valence-corrected chi connectivity index (χ3v) is 5.89. The Hall–Kier alpha value is -2.66. The van der Waals surface area contributed by atoms with Gasteiger partial charge in [0.05, 0.1) is 25.3 Å². The van der Waals surface area contributed by atoms with E-state index in [2.05, 4.69) is 12.1 Å². The van der Waals surface area contributed by atoms with Gasteiger partial charge in [0.1, 0.15) is 11.4 Å². The van der Waals surface area contributed by atoms with Crippen molar-refractivity contribution in [3.05, 3.63) is 102 Å². The Kier molecular flexibility index (Phi) is 5.17. The van der Waals surface area contributed by atoms with E-state index in [1.807, 2.05) is 86.6 Å². The maximum Gasteiger partial charge on any atom is 0.138 e. The van der Waals surface area contributed by atoms with Crippen molar-refractivity contribution in [2.45, 2.75) is 31.0 Å². The fourth-order valence-electron chi connectivity index (χ4n) is 3.98. The summed E-state index contributed by atoms with van der Waals surface area (Å²) in [6.45, 7) is 4.61. The van der Waals surface area contributed by atoms with E-state index in [0.717, 1.165) is 22.4 Å². The Morgan fingerprint density at radius 3 is 2.00 bits per heavy atom. The van der Waals surface area contributed by atoms with E-state index in [-0.39, 0.29) is 6.04 Å². The van der Waals surface area contributed by atoms with E-state index in [1.165, 1.54) is 5.06 Å². The second kappa shape index (κ2) is 7.64. The Bertz CT molecular complexity index is 935. The van der Waals surface area contributed by atoms with Crippen LogP contribution in [0.1, 0.15) is 36.6 Å². The Morgan fingerprint density at radius 2 is 1.48 bits per heavy atom. The molecule has 0 amide bonds. The monoisotopic (exact) mass is 389 g/mol. The van der Waals surface area contributed by atoms with Crippen LogP contribution in [0.4, 0.5) is 0 Å². The number of ether oxygens (including phenoxy) is 2. The van der Waals surface area contributed by atoms with Gasteiger partial charge in [-0.15, -0.1) is 0 Å². The Labute approximate surface area is 172 Å². The summed E-state index contributed by atoms with van der Waals surface area (Å²) >= 11 is 0. The first-order chi connectivity index (χ1) is 14.0. The lowest BCUT2D eigenvalue weighted by atomic mass is 9.83. The number of hydrogen-bond acceptors (Lipinski definition) is 4. The first-order valence-corrected chi connectivity index (χ1v) is 9.86. The lowest BCUT2D eigenvalue weighted by Crippen LogP contribution is -2.46. The van der Waals surface area contributed by atoms with E-state index in [9.17, 15) is 5.21 Å². The highest BCUT2D eigenvalue weighted by atomic mass is 16.6. The van der Waals surface area contributed by atoms with Crippen LogP contribution < -0.4 is 4.74 Å². The van der Waals surface area contributed by atoms with Crippen LogP contribution in [0.15, 0.2) is 84.9 Å². The summed E-state index contributed by atoms with van der Waals surface area (Å²) in [6, 6.07) is 27.6. The van der Waals surface area contributed by atoms with Crippen molar-refractivity contribution >= 4 is 0 Å². The number of hydroxylamine groups is 2. The number of methoxy groups -OCH3 is 1. The van der Waals surface area contributed by atoms with E-state index in [0.29, 0.717) is 6.61 Å². The topological polar surface area (TPSA) is 45.2 Å². The van der Waals surface area contributed by atoms with Crippen molar-refractivity contribution in [3.63, 3.8) is 0 Å². The highest BCUT2D eigenvalue weighted by molar-refractivity contribution is 5.38. The molecule has 1 fully saturated rings. The quantitative estimate of drug-likeness (QED) is 0.441. The van der Waals surface area contributed by atoms with Crippen LogP contribution in [0.5, 0.6) is 5.75 Å². The first kappa shape index (κ1) is 19.6. The van der Waals surface area contributed by atoms with Gasteiger partial charge in [0.15, 0.2) is 0 Å². The summed E-state index contributed by atoms with van der Waals surface area (Å²) < 4.78 is 11.4. The zero-order chi connectivity index (χ0) is 20.5. The lowest BCUT2D eigenvalue weighted by molar-refractivity contribution is -0.215. The fraction of sp³-hybridized carbons (Fsp3) is 0.280. The second-order valence-electron chi connectivity index (χ2n) is 7.99. The molecular weight excluding hydrogens is 362 g/mol. The maximum absolute atomic E-state index is 11.6. The molecule has 0 spiro atoms. The van der Waals surface area contributed by atoms with Gasteiger partial charge in [-0.2, -0.15) is 5.06 Å². The van der Waals surface area contributed by atoms with Crippen LogP contribution >= 0.6 is 0 Å². The van der Waals surface area contributed by atoms with Crippen molar-refractivity contribution < 1.29 is 14.7 Å². The van der Waals surface area contributed by atoms with Gasteiger partial charge in [-0.1, -0.05) is 72.8 Å². The van der Waals surface area contributed by atoms with Gasteiger partial charge in [0.2, 0.25) is 0 Å². The van der Waals surface area contributed by atoms with Gasteiger partial charge in [-0.3, -0.25) is 0 Å². The molecule has 1 N–H and O–H groups in total. The van der Waals surface area contributed by atoms with E-state index in [4.69, 9.17) is 9.47 Å². The van der Waals surface area contributed by atoms with Crippen LogP contribution in [0, 0.1) is 0 Å². The van der Waals surface area contributed by atoms with Crippen LogP contribution in [-0.4, -0.2) is 24.0 Å². The van der Waals surface area contributed by atoms with Crippen molar-refractivity contribution in [3.8, 4) is 5.75 Å². The standard InChI is InChI=1S/C25H27NO3/c1-24(2,20-10-6-4-7-11-20)26(27)23(19-14-16-22(28-3)17-15-19)25(18-29-25)21-12-8-5-9-13-21/h4-17,23,27H,18H2,1-3H3/t23-,25-/m0/s1. The first-order valence-electron chi connectivity index (χ1n) is 9.86. The normalized spacial score (nSPS) is 19.8. The molecule has 1 aliphatic heterocycles. The largest absolute Gasteiger partial charge is 0.497 e. The average Bonchev–Trinajstić information content (AvgIpc) is 3.57. The molecule has 4 heteroatoms. The van der Waals surface area contributed by atoms with Crippen molar-refractivity contribution in [2.75, 3.05) is 13.7 Å². The summed E-state index contributed by atoms with van der Waals surface area (Å²) in [7, 11) is 1.65. The molecule has 0 aliphatic carbocycles. The molecule has 0 saturated carbocycles. The third-order valence-electron chi connectivity index (χ3n) is 5.89. The number of benzene rings is 3. The highest BCUT2D eigenvalue weighted by Gasteiger charge is 2.58. The smallest absolute Gasteiger partial charge is 0.138 e. The summed E-state index contributed by atoms with van der Waals surface area (Å²) in [5, 5.41) is 13.1. The van der Waals surface area contributed by atoms with Crippen LogP contribution in [0.3, 0.4) is 0 Å². The third kappa shape index (κ3) is 3.55. The van der Waals surface area contributed by atoms with E-state index < -0.39 is 11.1 Å². The van der Waals surface area contributed by atoms with Gasteiger partial charge in [-0.25, -0.2) is 0 Å². The fourth-order valence-corrected chi connectivity index (χ4v) is 3.98. The van der Waals surface area contributed by atoms with Crippen molar-refractivity contribution in [1.29, 1.82) is 0 Å². The van der Waals surface area contributed by atoms with Crippen LogP contribution in [0.25, 0.3) is 0 Å². The number of epoxide rings is 1. The van der Waals surface area contributed by atoms with Gasteiger partial charge >= 0.3 is 0 Å². The van der Waals surface area contributed by atoms with E-state index in [1.54, 1.807) is 7.11 Å². The van der Waals surface area contributed by atoms with Gasteiger partial charge < -0.3 is 14.7 Å². The van der Waals surface area contributed by atoms with Gasteiger partial charge in [0.25, 0.3) is 0 Å². The van der Waals surface area contributed by atoms with Crippen molar-refractivity contribution in [1.82, 2.24) is 5.06 Å². The molecule has 3 aromatic carbocycles. The summed E-state index contributed by atoms with van der Waals surface area (Å²) in [6.07, 6.45) is 0. The molecule has 3 aromatic rings. The van der Waals surface area contributed by atoms with Crippen LogP contribution in [-0.2, 0) is 15.9 Å². The molecule has 0 aromatic heterocycles. The minimum atomic E-state index is -0.625. The second-order valence-corrected chi connectivity index (χ2v) is 7.99. The molecule has 1 heterocycles. The molecule has 0 unspecified atom stereocenters. The zero-order valence-electron chi connectivity index (χ0n) is 17.1. The van der Waals surface area contributed by atoms with Gasteiger partial charge in [0, 0.05) is 0 Å². The molecule has 4 nitrogen and oxygen atoms in total. The lowest BCUT2D eigenvalue weighted by Gasteiger charge is -2.42. The predicted molar refractivity (Wildman–Crippen MR) is 113 cm³/mol. The minimum Gasteiger partial charge on any atom is -0.497 e. The zero-order valence-corrected chi connectivity index (χ0v) is 17.1.